The lowest BCUT2D eigenvalue weighted by molar-refractivity contribution is -0.117. The maximum Gasteiger partial charge on any atom is 0.414 e. The number of cyclic esters (lactones) is 1. The van der Waals surface area contributed by atoms with E-state index in [-0.39, 0.29) is 17.8 Å². The average Bonchev–Trinajstić information content (AvgIpc) is 3.31. The highest BCUT2D eigenvalue weighted by molar-refractivity contribution is 5.90. The van der Waals surface area contributed by atoms with E-state index in [9.17, 15) is 18.4 Å². The van der Waals surface area contributed by atoms with Crippen molar-refractivity contribution >= 4 is 23.8 Å². The van der Waals surface area contributed by atoms with Crippen LogP contribution in [0, 0.1) is 11.6 Å². The number of carbonyl (C=O) groups is 2. The van der Waals surface area contributed by atoms with Crippen LogP contribution in [0.3, 0.4) is 0 Å². The molecule has 2 aliphatic heterocycles. The summed E-state index contributed by atoms with van der Waals surface area (Å²) in [4.78, 5) is 25.6. The van der Waals surface area contributed by atoms with Crippen LogP contribution in [0.25, 0.3) is 5.57 Å². The van der Waals surface area contributed by atoms with Crippen LogP contribution in [-0.4, -0.2) is 58.1 Å². The first kappa shape index (κ1) is 18.1. The number of halogens is 2. The first-order chi connectivity index (χ1) is 13.5. The summed E-state index contributed by atoms with van der Waals surface area (Å²) in [6.07, 6.45) is 4.67. The van der Waals surface area contributed by atoms with Crippen LogP contribution in [0.1, 0.15) is 12.0 Å². The molecule has 8 nitrogen and oxygen atoms in total. The summed E-state index contributed by atoms with van der Waals surface area (Å²) in [5.74, 6) is -1.51. The molecule has 0 saturated carbocycles. The van der Waals surface area contributed by atoms with Crippen molar-refractivity contribution in [1.29, 1.82) is 0 Å². The maximum absolute atomic E-state index is 14.7. The molecule has 1 saturated heterocycles. The third-order valence-electron chi connectivity index (χ3n) is 4.79. The fourth-order valence-electron chi connectivity index (χ4n) is 3.40. The largest absolute Gasteiger partial charge is 0.442 e. The van der Waals surface area contributed by atoms with Crippen LogP contribution < -0.4 is 4.90 Å². The molecule has 0 aliphatic carbocycles. The Kier molecular flexibility index (Phi) is 4.76. The highest BCUT2D eigenvalue weighted by Gasteiger charge is 2.34. The van der Waals surface area contributed by atoms with Crippen molar-refractivity contribution in [2.75, 3.05) is 24.5 Å². The van der Waals surface area contributed by atoms with Crippen molar-refractivity contribution in [1.82, 2.24) is 19.9 Å². The highest BCUT2D eigenvalue weighted by Crippen LogP contribution is 2.32. The number of amides is 2. The number of benzene rings is 1. The number of carbonyl (C=O) groups excluding carboxylic acids is 2. The number of anilines is 1. The van der Waals surface area contributed by atoms with E-state index in [1.54, 1.807) is 12.3 Å². The van der Waals surface area contributed by atoms with Crippen LogP contribution in [0.5, 0.6) is 0 Å². The van der Waals surface area contributed by atoms with Gasteiger partial charge in [0.05, 0.1) is 25.0 Å². The standard InChI is InChI=1S/C18H17F2N5O3/c19-15-7-13(8-16(20)17(15)12-1-4-23(11-26)5-2-12)25-10-14(28-18(25)27)9-24-6-3-21-22-24/h1,3,6-8,11,14H,2,4-5,9-10H2/t14-/m0/s1. The molecule has 28 heavy (non-hydrogen) atoms. The Labute approximate surface area is 159 Å². The van der Waals surface area contributed by atoms with E-state index >= 15 is 0 Å². The molecule has 0 radical (unpaired) electrons. The van der Waals surface area contributed by atoms with Crippen LogP contribution in [0.2, 0.25) is 0 Å². The van der Waals surface area contributed by atoms with Crippen molar-refractivity contribution in [3.05, 3.63) is 47.8 Å². The van der Waals surface area contributed by atoms with Gasteiger partial charge in [0, 0.05) is 24.8 Å². The highest BCUT2D eigenvalue weighted by atomic mass is 19.1. The number of ether oxygens (including phenoxy) is 1. The van der Waals surface area contributed by atoms with Crippen LogP contribution in [-0.2, 0) is 16.1 Å². The molecule has 0 bridgehead atoms. The average molecular weight is 389 g/mol. The molecule has 1 atom stereocenters. The lowest BCUT2D eigenvalue weighted by atomic mass is 9.98. The maximum atomic E-state index is 14.7. The first-order valence-electron chi connectivity index (χ1n) is 8.75. The van der Waals surface area contributed by atoms with Gasteiger partial charge < -0.3 is 9.64 Å². The minimum Gasteiger partial charge on any atom is -0.442 e. The number of aromatic nitrogens is 3. The molecule has 2 amide bonds. The number of nitrogens with zero attached hydrogens (tertiary/aromatic N) is 5. The molecular weight excluding hydrogens is 372 g/mol. The molecular formula is C18H17F2N5O3. The Morgan fingerprint density at radius 2 is 2.07 bits per heavy atom. The molecule has 1 fully saturated rings. The second-order valence-electron chi connectivity index (χ2n) is 6.61. The SMILES string of the molecule is O=CN1CC=C(c2c(F)cc(N3C[C@H](Cn4ccnn4)OC3=O)cc2F)CC1. The van der Waals surface area contributed by atoms with Crippen LogP contribution in [0.4, 0.5) is 19.3 Å². The van der Waals surface area contributed by atoms with Gasteiger partial charge in [0.15, 0.2) is 0 Å². The summed E-state index contributed by atoms with van der Waals surface area (Å²) in [6, 6.07) is 2.26. The van der Waals surface area contributed by atoms with Gasteiger partial charge in [-0.2, -0.15) is 0 Å². The monoisotopic (exact) mass is 389 g/mol. The van der Waals surface area contributed by atoms with Crippen molar-refractivity contribution in [3.63, 3.8) is 0 Å². The van der Waals surface area contributed by atoms with E-state index < -0.39 is 23.8 Å². The molecule has 146 valence electrons. The van der Waals surface area contributed by atoms with Gasteiger partial charge in [-0.25, -0.2) is 18.3 Å². The predicted octanol–water partition coefficient (Wildman–Crippen LogP) is 1.83. The van der Waals surface area contributed by atoms with E-state index in [0.717, 1.165) is 12.1 Å². The zero-order valence-corrected chi connectivity index (χ0v) is 14.8. The Morgan fingerprint density at radius 1 is 1.29 bits per heavy atom. The number of hydrogen-bond donors (Lipinski definition) is 0. The second kappa shape index (κ2) is 7.37. The first-order valence-corrected chi connectivity index (χ1v) is 8.75. The Hall–Kier alpha value is -3.30. The third-order valence-corrected chi connectivity index (χ3v) is 4.79. The van der Waals surface area contributed by atoms with Gasteiger partial charge in [0.2, 0.25) is 6.41 Å². The Bertz CT molecular complexity index is 908. The smallest absolute Gasteiger partial charge is 0.414 e. The van der Waals surface area contributed by atoms with E-state index in [0.29, 0.717) is 38.0 Å². The second-order valence-corrected chi connectivity index (χ2v) is 6.61. The van der Waals surface area contributed by atoms with E-state index in [1.807, 2.05) is 0 Å². The van der Waals surface area contributed by atoms with Crippen LogP contribution >= 0.6 is 0 Å². The van der Waals surface area contributed by atoms with E-state index in [2.05, 4.69) is 10.3 Å². The van der Waals surface area contributed by atoms with E-state index in [4.69, 9.17) is 4.74 Å². The molecule has 0 N–H and O–H groups in total. The topological polar surface area (TPSA) is 80.6 Å². The Balaban J connectivity index is 1.54. The predicted molar refractivity (Wildman–Crippen MR) is 94.2 cm³/mol. The van der Waals surface area contributed by atoms with Crippen molar-refractivity contribution in [2.45, 2.75) is 19.1 Å². The Morgan fingerprint density at radius 3 is 2.68 bits per heavy atom. The lowest BCUT2D eigenvalue weighted by Crippen LogP contribution is -2.27. The quantitative estimate of drug-likeness (QED) is 0.729. The summed E-state index contributed by atoms with van der Waals surface area (Å²) in [5, 5.41) is 7.49. The summed E-state index contributed by atoms with van der Waals surface area (Å²) in [7, 11) is 0. The molecule has 2 aromatic rings. The lowest BCUT2D eigenvalue weighted by Gasteiger charge is -2.23. The van der Waals surface area contributed by atoms with Gasteiger partial charge in [0.1, 0.15) is 17.7 Å². The molecule has 1 aromatic heterocycles. The molecule has 0 unspecified atom stereocenters. The molecule has 10 heteroatoms. The van der Waals surface area contributed by atoms with Gasteiger partial charge >= 0.3 is 6.09 Å². The van der Waals surface area contributed by atoms with Gasteiger partial charge in [-0.1, -0.05) is 11.3 Å². The van der Waals surface area contributed by atoms with Crippen LogP contribution in [0.15, 0.2) is 30.6 Å². The molecule has 3 heterocycles. The normalized spacial score (nSPS) is 19.6. The summed E-state index contributed by atoms with van der Waals surface area (Å²) in [6.45, 7) is 1.15. The minimum atomic E-state index is -0.756. The van der Waals surface area contributed by atoms with Gasteiger partial charge in [-0.05, 0) is 24.1 Å². The van der Waals surface area contributed by atoms with Gasteiger partial charge in [-0.3, -0.25) is 9.69 Å². The fourth-order valence-corrected chi connectivity index (χ4v) is 3.40. The van der Waals surface area contributed by atoms with Crippen molar-refractivity contribution in [2.24, 2.45) is 0 Å². The molecule has 0 spiro atoms. The summed E-state index contributed by atoms with van der Waals surface area (Å²) >= 11 is 0. The third kappa shape index (κ3) is 3.45. The zero-order valence-electron chi connectivity index (χ0n) is 14.8. The summed E-state index contributed by atoms with van der Waals surface area (Å²) in [5.41, 5.74) is 0.476. The van der Waals surface area contributed by atoms with Crippen molar-refractivity contribution in [3.8, 4) is 0 Å². The van der Waals surface area contributed by atoms with Gasteiger partial charge in [0.25, 0.3) is 0 Å². The summed E-state index contributed by atoms with van der Waals surface area (Å²) < 4.78 is 36.2. The van der Waals surface area contributed by atoms with Gasteiger partial charge in [-0.15, -0.1) is 5.10 Å². The number of hydrogen-bond acceptors (Lipinski definition) is 5. The minimum absolute atomic E-state index is 0.0933. The molecule has 2 aliphatic rings. The number of rotatable bonds is 5. The fraction of sp³-hybridized carbons (Fsp3) is 0.333. The zero-order chi connectivity index (χ0) is 19.7. The van der Waals surface area contributed by atoms with Crippen molar-refractivity contribution < 1.29 is 23.1 Å². The molecule has 1 aromatic carbocycles. The van der Waals surface area contributed by atoms with E-state index in [1.165, 1.54) is 20.7 Å². The molecule has 4 rings (SSSR count).